The second kappa shape index (κ2) is 9.00. The maximum Gasteiger partial charge on any atom is 0.328 e. The number of nitrogens with zero attached hydrogens (tertiary/aromatic N) is 1. The molecule has 3 atom stereocenters. The third kappa shape index (κ3) is 5.63. The van der Waals surface area contributed by atoms with Crippen LogP contribution in [0.25, 0.3) is 0 Å². The number of rotatable bonds is 7. The van der Waals surface area contributed by atoms with Gasteiger partial charge in [-0.2, -0.15) is 0 Å². The molecule has 0 aromatic heterocycles. The minimum Gasteiger partial charge on any atom is -0.467 e. The summed E-state index contributed by atoms with van der Waals surface area (Å²) in [6, 6.07) is -0.116. The van der Waals surface area contributed by atoms with E-state index in [1.54, 1.807) is 0 Å². The second-order valence-electron chi connectivity index (χ2n) is 5.82. The quantitative estimate of drug-likeness (QED) is 0.665. The van der Waals surface area contributed by atoms with E-state index in [9.17, 15) is 9.59 Å². The molecule has 0 aliphatic carbocycles. The summed E-state index contributed by atoms with van der Waals surface area (Å²) in [5, 5.41) is 6.08. The van der Waals surface area contributed by atoms with Crippen LogP contribution < -0.4 is 10.6 Å². The molecule has 6 nitrogen and oxygen atoms in total. The first-order valence-corrected chi connectivity index (χ1v) is 7.78. The van der Waals surface area contributed by atoms with Crippen LogP contribution in [-0.4, -0.2) is 62.7 Å². The number of ether oxygens (including phenoxy) is 1. The summed E-state index contributed by atoms with van der Waals surface area (Å²) in [6.07, 6.45) is 3.04. The normalized spacial score (nSPS) is 22.4. The Labute approximate surface area is 127 Å². The van der Waals surface area contributed by atoms with Crippen molar-refractivity contribution in [1.82, 2.24) is 15.5 Å². The lowest BCUT2D eigenvalue weighted by atomic mass is 9.99. The number of piperidine rings is 1. The van der Waals surface area contributed by atoms with Crippen LogP contribution in [0.1, 0.15) is 33.1 Å². The maximum absolute atomic E-state index is 12.2. The van der Waals surface area contributed by atoms with Crippen LogP contribution in [0.2, 0.25) is 0 Å². The zero-order chi connectivity index (χ0) is 15.8. The number of nitrogens with one attached hydrogen (secondary N) is 2. The molecule has 0 aromatic rings. The highest BCUT2D eigenvalue weighted by molar-refractivity contribution is 5.85. The van der Waals surface area contributed by atoms with Gasteiger partial charge in [-0.15, -0.1) is 0 Å². The fraction of sp³-hybridized carbons (Fsp3) is 0.867. The van der Waals surface area contributed by atoms with Crippen molar-refractivity contribution in [3.8, 4) is 0 Å². The van der Waals surface area contributed by atoms with Crippen molar-refractivity contribution in [2.45, 2.75) is 45.2 Å². The van der Waals surface area contributed by atoms with Crippen LogP contribution in [0.3, 0.4) is 0 Å². The third-order valence-corrected chi connectivity index (χ3v) is 4.27. The van der Waals surface area contributed by atoms with Crippen LogP contribution >= 0.6 is 0 Å². The fourth-order valence-electron chi connectivity index (χ4n) is 2.65. The lowest BCUT2D eigenvalue weighted by Gasteiger charge is -2.32. The molecule has 1 fully saturated rings. The summed E-state index contributed by atoms with van der Waals surface area (Å²) in [4.78, 5) is 26.1. The predicted octanol–water partition coefficient (Wildman–Crippen LogP) is 0.374. The lowest BCUT2D eigenvalue weighted by Crippen LogP contribution is -2.52. The SMILES string of the molecule is CCC(C)C(NC(=O)CN1CCCC(NC)C1)C(=O)OC. The number of hydrogen-bond donors (Lipinski definition) is 2. The van der Waals surface area contributed by atoms with Gasteiger partial charge in [0.25, 0.3) is 0 Å². The van der Waals surface area contributed by atoms with Gasteiger partial charge >= 0.3 is 5.97 Å². The number of carbonyl (C=O) groups excluding carboxylic acids is 2. The highest BCUT2D eigenvalue weighted by Crippen LogP contribution is 2.11. The molecule has 21 heavy (non-hydrogen) atoms. The van der Waals surface area contributed by atoms with Crippen molar-refractivity contribution < 1.29 is 14.3 Å². The van der Waals surface area contributed by atoms with Gasteiger partial charge in [0, 0.05) is 12.6 Å². The van der Waals surface area contributed by atoms with Crippen molar-refractivity contribution in [3.05, 3.63) is 0 Å². The summed E-state index contributed by atoms with van der Waals surface area (Å²) in [6.45, 7) is 6.07. The largest absolute Gasteiger partial charge is 0.467 e. The molecule has 1 aliphatic rings. The summed E-state index contributed by atoms with van der Waals surface area (Å²) in [5.41, 5.74) is 0. The Hall–Kier alpha value is -1.14. The van der Waals surface area contributed by atoms with Gasteiger partial charge in [0.15, 0.2) is 0 Å². The zero-order valence-corrected chi connectivity index (χ0v) is 13.6. The summed E-state index contributed by atoms with van der Waals surface area (Å²) in [7, 11) is 3.30. The molecule has 6 heteroatoms. The number of likely N-dealkylation sites (tertiary alicyclic amines) is 1. The van der Waals surface area contributed by atoms with Crippen LogP contribution in [0.5, 0.6) is 0 Å². The van der Waals surface area contributed by atoms with Gasteiger partial charge in [-0.05, 0) is 32.4 Å². The van der Waals surface area contributed by atoms with Crippen molar-refractivity contribution in [3.63, 3.8) is 0 Å². The van der Waals surface area contributed by atoms with E-state index in [0.717, 1.165) is 32.4 Å². The van der Waals surface area contributed by atoms with Crippen molar-refractivity contribution in [2.75, 3.05) is 33.8 Å². The smallest absolute Gasteiger partial charge is 0.328 e. The van der Waals surface area contributed by atoms with Gasteiger partial charge in [-0.3, -0.25) is 9.69 Å². The highest BCUT2D eigenvalue weighted by Gasteiger charge is 2.28. The van der Waals surface area contributed by atoms with Gasteiger partial charge in [-0.1, -0.05) is 20.3 Å². The zero-order valence-electron chi connectivity index (χ0n) is 13.6. The van der Waals surface area contributed by atoms with E-state index in [1.807, 2.05) is 20.9 Å². The molecule has 1 saturated heterocycles. The first kappa shape index (κ1) is 17.9. The number of likely N-dealkylation sites (N-methyl/N-ethyl adjacent to an activating group) is 1. The number of hydrogen-bond acceptors (Lipinski definition) is 5. The Morgan fingerprint density at radius 2 is 2.14 bits per heavy atom. The predicted molar refractivity (Wildman–Crippen MR) is 81.9 cm³/mol. The van der Waals surface area contributed by atoms with Gasteiger partial charge in [0.1, 0.15) is 6.04 Å². The average molecular weight is 299 g/mol. The van der Waals surface area contributed by atoms with E-state index in [2.05, 4.69) is 15.5 Å². The first-order valence-electron chi connectivity index (χ1n) is 7.78. The molecule has 2 N–H and O–H groups in total. The van der Waals surface area contributed by atoms with Crippen LogP contribution in [0.4, 0.5) is 0 Å². The summed E-state index contributed by atoms with van der Waals surface area (Å²) < 4.78 is 4.78. The van der Waals surface area contributed by atoms with Crippen LogP contribution in [0, 0.1) is 5.92 Å². The minimum absolute atomic E-state index is 0.0628. The molecule has 3 unspecified atom stereocenters. The first-order chi connectivity index (χ1) is 10.0. The molecule has 1 heterocycles. The molecule has 0 radical (unpaired) electrons. The van der Waals surface area contributed by atoms with Gasteiger partial charge in [0.05, 0.1) is 13.7 Å². The fourth-order valence-corrected chi connectivity index (χ4v) is 2.65. The molecule has 0 aromatic carbocycles. The van der Waals surface area contributed by atoms with Crippen molar-refractivity contribution in [2.24, 2.45) is 5.92 Å². The number of carbonyl (C=O) groups is 2. The minimum atomic E-state index is -0.558. The van der Waals surface area contributed by atoms with E-state index >= 15 is 0 Å². The van der Waals surface area contributed by atoms with Gasteiger partial charge in [0.2, 0.25) is 5.91 Å². The highest BCUT2D eigenvalue weighted by atomic mass is 16.5. The Morgan fingerprint density at radius 1 is 1.43 bits per heavy atom. The molecule has 0 saturated carbocycles. The average Bonchev–Trinajstić information content (AvgIpc) is 2.51. The Balaban J connectivity index is 2.51. The maximum atomic E-state index is 12.2. The molecular formula is C15H29N3O3. The number of amides is 1. The number of esters is 1. The van der Waals surface area contributed by atoms with Crippen molar-refractivity contribution >= 4 is 11.9 Å². The van der Waals surface area contributed by atoms with E-state index < -0.39 is 6.04 Å². The van der Waals surface area contributed by atoms with Gasteiger partial charge < -0.3 is 15.4 Å². The lowest BCUT2D eigenvalue weighted by molar-refractivity contribution is -0.146. The van der Waals surface area contributed by atoms with E-state index in [4.69, 9.17) is 4.74 Å². The molecule has 1 aliphatic heterocycles. The third-order valence-electron chi connectivity index (χ3n) is 4.27. The van der Waals surface area contributed by atoms with E-state index in [-0.39, 0.29) is 17.8 Å². The summed E-state index contributed by atoms with van der Waals surface area (Å²) >= 11 is 0. The Kier molecular flexibility index (Phi) is 7.67. The van der Waals surface area contributed by atoms with Crippen LogP contribution in [0.15, 0.2) is 0 Å². The Bertz CT molecular complexity index is 349. The molecule has 1 amide bonds. The molecule has 0 spiro atoms. The molecular weight excluding hydrogens is 270 g/mol. The molecule has 122 valence electrons. The standard InChI is InChI=1S/C15H29N3O3/c1-5-11(2)14(15(20)21-4)17-13(19)10-18-8-6-7-12(9-18)16-3/h11-12,14,16H,5-10H2,1-4H3,(H,17,19). The second-order valence-corrected chi connectivity index (χ2v) is 5.82. The van der Waals surface area contributed by atoms with E-state index in [1.165, 1.54) is 7.11 Å². The molecule has 0 bridgehead atoms. The van der Waals surface area contributed by atoms with Crippen LogP contribution in [-0.2, 0) is 14.3 Å². The van der Waals surface area contributed by atoms with E-state index in [0.29, 0.717) is 12.6 Å². The summed E-state index contributed by atoms with van der Waals surface area (Å²) in [5.74, 6) is -0.417. The van der Waals surface area contributed by atoms with Gasteiger partial charge in [-0.25, -0.2) is 4.79 Å². The topological polar surface area (TPSA) is 70.7 Å². The number of methoxy groups -OCH3 is 1. The molecule has 1 rings (SSSR count). The van der Waals surface area contributed by atoms with Crippen molar-refractivity contribution in [1.29, 1.82) is 0 Å². The Morgan fingerprint density at radius 3 is 2.71 bits per heavy atom. The monoisotopic (exact) mass is 299 g/mol.